The van der Waals surface area contributed by atoms with E-state index >= 15 is 0 Å². The lowest BCUT2D eigenvalue weighted by molar-refractivity contribution is 0.0698. The first kappa shape index (κ1) is 15.3. The average Bonchev–Trinajstić information content (AvgIpc) is 2.38. The molecule has 19 heavy (non-hydrogen) atoms. The van der Waals surface area contributed by atoms with Crippen molar-refractivity contribution in [3.05, 3.63) is 23.8 Å². The minimum absolute atomic E-state index is 0.248. The van der Waals surface area contributed by atoms with E-state index in [2.05, 4.69) is 19.2 Å². The maximum Gasteiger partial charge on any atom is 0.337 e. The summed E-state index contributed by atoms with van der Waals surface area (Å²) in [6, 6.07) is 5.28. The maximum absolute atomic E-state index is 11.2. The summed E-state index contributed by atoms with van der Waals surface area (Å²) in [5.41, 5.74) is 7.21. The fourth-order valence-corrected chi connectivity index (χ4v) is 2.20. The van der Waals surface area contributed by atoms with Crippen molar-refractivity contribution in [3.63, 3.8) is 0 Å². The number of hydrogen-bond acceptors (Lipinski definition) is 3. The molecular weight excluding hydrogens is 240 g/mol. The third-order valence-electron chi connectivity index (χ3n) is 3.22. The number of anilines is 2. The Balaban J connectivity index is 2.91. The number of carboxylic acid groups (broad SMARTS) is 1. The summed E-state index contributed by atoms with van der Waals surface area (Å²) in [7, 11) is 0. The molecule has 0 amide bonds. The zero-order chi connectivity index (χ0) is 14.3. The standard InChI is InChI=1S/C15H24N2O2/c1-3-5-8-11(7-4-2)17-14-12(15(18)19)9-6-10-13(14)16/h6,9-11,17H,3-5,7-8,16H2,1-2H3,(H,18,19). The number of aromatic carboxylic acids is 1. The first-order valence-corrected chi connectivity index (χ1v) is 6.98. The summed E-state index contributed by atoms with van der Waals surface area (Å²) in [5.74, 6) is -0.944. The Morgan fingerprint density at radius 2 is 2.05 bits per heavy atom. The maximum atomic E-state index is 11.2. The van der Waals surface area contributed by atoms with E-state index in [4.69, 9.17) is 5.73 Å². The summed E-state index contributed by atoms with van der Waals surface area (Å²) in [4.78, 5) is 11.2. The van der Waals surface area contributed by atoms with E-state index in [1.807, 2.05) is 0 Å². The monoisotopic (exact) mass is 264 g/mol. The van der Waals surface area contributed by atoms with E-state index < -0.39 is 5.97 Å². The SMILES string of the molecule is CCCCC(CCC)Nc1c(N)cccc1C(=O)O. The summed E-state index contributed by atoms with van der Waals surface area (Å²) in [5, 5.41) is 12.5. The molecule has 0 spiro atoms. The van der Waals surface area contributed by atoms with Crippen LogP contribution in [0.2, 0.25) is 0 Å². The van der Waals surface area contributed by atoms with E-state index in [0.717, 1.165) is 32.1 Å². The van der Waals surface area contributed by atoms with Crippen molar-refractivity contribution in [2.24, 2.45) is 0 Å². The second-order valence-corrected chi connectivity index (χ2v) is 4.85. The molecule has 4 nitrogen and oxygen atoms in total. The molecule has 0 saturated carbocycles. The van der Waals surface area contributed by atoms with E-state index in [-0.39, 0.29) is 11.6 Å². The van der Waals surface area contributed by atoms with Gasteiger partial charge in [-0.2, -0.15) is 0 Å². The van der Waals surface area contributed by atoms with Crippen molar-refractivity contribution in [3.8, 4) is 0 Å². The number of para-hydroxylation sites is 1. The number of hydrogen-bond donors (Lipinski definition) is 3. The molecule has 0 aliphatic carbocycles. The Morgan fingerprint density at radius 3 is 2.63 bits per heavy atom. The van der Waals surface area contributed by atoms with Gasteiger partial charge < -0.3 is 16.2 Å². The smallest absolute Gasteiger partial charge is 0.337 e. The highest BCUT2D eigenvalue weighted by Crippen LogP contribution is 2.26. The molecule has 4 N–H and O–H groups in total. The fourth-order valence-electron chi connectivity index (χ4n) is 2.20. The predicted octanol–water partition coefficient (Wildman–Crippen LogP) is 3.74. The van der Waals surface area contributed by atoms with Gasteiger partial charge in [0.25, 0.3) is 0 Å². The van der Waals surface area contributed by atoms with Gasteiger partial charge in [0.05, 0.1) is 16.9 Å². The largest absolute Gasteiger partial charge is 0.478 e. The van der Waals surface area contributed by atoms with Gasteiger partial charge in [0.2, 0.25) is 0 Å². The Morgan fingerprint density at radius 1 is 1.32 bits per heavy atom. The molecule has 106 valence electrons. The summed E-state index contributed by atoms with van der Waals surface area (Å²) >= 11 is 0. The van der Waals surface area contributed by atoms with Crippen LogP contribution >= 0.6 is 0 Å². The molecule has 0 aromatic heterocycles. The highest BCUT2D eigenvalue weighted by Gasteiger charge is 2.16. The minimum atomic E-state index is -0.944. The molecule has 0 saturated heterocycles. The molecule has 0 aliphatic rings. The van der Waals surface area contributed by atoms with Gasteiger partial charge in [-0.1, -0.05) is 39.2 Å². The molecule has 0 radical (unpaired) electrons. The Bertz CT molecular complexity index is 419. The Kier molecular flexibility index (Phi) is 6.19. The molecule has 4 heteroatoms. The van der Waals surface area contributed by atoms with E-state index in [0.29, 0.717) is 11.4 Å². The van der Waals surface area contributed by atoms with Crippen LogP contribution < -0.4 is 11.1 Å². The van der Waals surface area contributed by atoms with Gasteiger partial charge in [-0.3, -0.25) is 0 Å². The second kappa shape index (κ2) is 7.67. The number of carboxylic acids is 1. The van der Waals surface area contributed by atoms with E-state index in [1.165, 1.54) is 0 Å². The van der Waals surface area contributed by atoms with Crippen molar-refractivity contribution in [1.29, 1.82) is 0 Å². The van der Waals surface area contributed by atoms with Crippen LogP contribution in [0.15, 0.2) is 18.2 Å². The van der Waals surface area contributed by atoms with Crippen molar-refractivity contribution in [2.45, 2.75) is 52.0 Å². The normalized spacial score (nSPS) is 12.1. The van der Waals surface area contributed by atoms with Crippen molar-refractivity contribution in [2.75, 3.05) is 11.1 Å². The molecule has 1 atom stereocenters. The highest BCUT2D eigenvalue weighted by atomic mass is 16.4. The number of benzene rings is 1. The molecule has 1 aromatic carbocycles. The van der Waals surface area contributed by atoms with Crippen molar-refractivity contribution >= 4 is 17.3 Å². The third kappa shape index (κ3) is 4.47. The molecule has 0 bridgehead atoms. The number of unbranched alkanes of at least 4 members (excludes halogenated alkanes) is 1. The lowest BCUT2D eigenvalue weighted by Crippen LogP contribution is -2.21. The molecule has 0 aliphatic heterocycles. The molecule has 0 heterocycles. The van der Waals surface area contributed by atoms with Gasteiger partial charge >= 0.3 is 5.97 Å². The number of nitrogens with one attached hydrogen (secondary N) is 1. The van der Waals surface area contributed by atoms with Gasteiger partial charge in [-0.25, -0.2) is 4.79 Å². The molecule has 1 rings (SSSR count). The number of carbonyl (C=O) groups is 1. The van der Waals surface area contributed by atoms with Crippen LogP contribution in [-0.4, -0.2) is 17.1 Å². The lowest BCUT2D eigenvalue weighted by atomic mass is 10.0. The topological polar surface area (TPSA) is 75.3 Å². The minimum Gasteiger partial charge on any atom is -0.478 e. The van der Waals surface area contributed by atoms with Gasteiger partial charge in [-0.05, 0) is 25.0 Å². The van der Waals surface area contributed by atoms with Crippen molar-refractivity contribution < 1.29 is 9.90 Å². The van der Waals surface area contributed by atoms with Crippen LogP contribution in [0.25, 0.3) is 0 Å². The summed E-state index contributed by atoms with van der Waals surface area (Å²) < 4.78 is 0. The van der Waals surface area contributed by atoms with Crippen molar-refractivity contribution in [1.82, 2.24) is 0 Å². The van der Waals surface area contributed by atoms with Crippen LogP contribution in [0, 0.1) is 0 Å². The number of nitrogens with two attached hydrogens (primary N) is 1. The number of rotatable bonds is 8. The Labute approximate surface area is 115 Å². The number of nitrogen functional groups attached to an aromatic ring is 1. The zero-order valence-electron chi connectivity index (χ0n) is 11.8. The van der Waals surface area contributed by atoms with Crippen LogP contribution in [0.4, 0.5) is 11.4 Å². The molecule has 0 fully saturated rings. The van der Waals surface area contributed by atoms with Crippen LogP contribution in [-0.2, 0) is 0 Å². The lowest BCUT2D eigenvalue weighted by Gasteiger charge is -2.21. The van der Waals surface area contributed by atoms with Gasteiger partial charge in [0, 0.05) is 6.04 Å². The average molecular weight is 264 g/mol. The molecule has 1 unspecified atom stereocenters. The molecular formula is C15H24N2O2. The van der Waals surface area contributed by atoms with Crippen LogP contribution in [0.1, 0.15) is 56.3 Å². The zero-order valence-corrected chi connectivity index (χ0v) is 11.8. The summed E-state index contributed by atoms with van der Waals surface area (Å²) in [6.45, 7) is 4.29. The Hall–Kier alpha value is -1.71. The third-order valence-corrected chi connectivity index (χ3v) is 3.22. The van der Waals surface area contributed by atoms with E-state index in [1.54, 1.807) is 18.2 Å². The van der Waals surface area contributed by atoms with Gasteiger partial charge in [0.15, 0.2) is 0 Å². The summed E-state index contributed by atoms with van der Waals surface area (Å²) in [6.07, 6.45) is 5.40. The second-order valence-electron chi connectivity index (χ2n) is 4.85. The van der Waals surface area contributed by atoms with E-state index in [9.17, 15) is 9.90 Å². The van der Waals surface area contributed by atoms with Gasteiger partial charge in [0.1, 0.15) is 0 Å². The van der Waals surface area contributed by atoms with Gasteiger partial charge in [-0.15, -0.1) is 0 Å². The fraction of sp³-hybridized carbons (Fsp3) is 0.533. The van der Waals surface area contributed by atoms with Crippen LogP contribution in [0.5, 0.6) is 0 Å². The first-order chi connectivity index (χ1) is 9.10. The quantitative estimate of drug-likeness (QED) is 0.625. The predicted molar refractivity (Wildman–Crippen MR) is 79.7 cm³/mol. The molecule has 1 aromatic rings. The first-order valence-electron chi connectivity index (χ1n) is 6.98. The highest BCUT2D eigenvalue weighted by molar-refractivity contribution is 5.97. The van der Waals surface area contributed by atoms with Crippen LogP contribution in [0.3, 0.4) is 0 Å².